The number of phenols is 3. The maximum absolute atomic E-state index is 12.3. The Kier molecular flexibility index (Phi) is 4.78. The second-order valence-corrected chi connectivity index (χ2v) is 5.40. The Morgan fingerprint density at radius 3 is 2.18 bits per heavy atom. The van der Waals surface area contributed by atoms with Gasteiger partial charge in [0.15, 0.2) is 0 Å². The van der Waals surface area contributed by atoms with Crippen LogP contribution in [0, 0.1) is 0 Å². The Bertz CT molecular complexity index is 662. The molecule has 2 rings (SSSR count). The largest absolute Gasteiger partial charge is 0.508 e. The third-order valence-electron chi connectivity index (χ3n) is 3.29. The molecule has 0 aliphatic rings. The summed E-state index contributed by atoms with van der Waals surface area (Å²) >= 11 is 5.81. The summed E-state index contributed by atoms with van der Waals surface area (Å²) in [5.41, 5.74) is 0.791. The number of carbonyl (C=O) groups excluding carboxylic acids is 1. The van der Waals surface area contributed by atoms with E-state index in [0.29, 0.717) is 18.0 Å². The van der Waals surface area contributed by atoms with E-state index in [9.17, 15) is 20.1 Å². The number of nitrogens with zero attached hydrogens (tertiary/aromatic N) is 1. The first-order valence-corrected chi connectivity index (χ1v) is 7.01. The van der Waals surface area contributed by atoms with Crippen LogP contribution >= 0.6 is 11.6 Å². The van der Waals surface area contributed by atoms with Gasteiger partial charge in [0, 0.05) is 30.7 Å². The van der Waals surface area contributed by atoms with Gasteiger partial charge in [-0.25, -0.2) is 0 Å². The van der Waals surface area contributed by atoms with Crippen molar-refractivity contribution < 1.29 is 20.1 Å². The predicted octanol–water partition coefficient (Wildman–Crippen LogP) is 2.77. The van der Waals surface area contributed by atoms with Crippen LogP contribution in [0.1, 0.15) is 15.9 Å². The molecular formula is C16H16ClNO4. The lowest BCUT2D eigenvalue weighted by atomic mass is 10.1. The molecule has 0 bridgehead atoms. The smallest absolute Gasteiger partial charge is 0.261 e. The van der Waals surface area contributed by atoms with E-state index in [1.54, 1.807) is 19.2 Å². The molecule has 0 aliphatic heterocycles. The van der Waals surface area contributed by atoms with E-state index >= 15 is 0 Å². The lowest BCUT2D eigenvalue weighted by molar-refractivity contribution is 0.0790. The van der Waals surface area contributed by atoms with E-state index in [0.717, 1.165) is 17.7 Å². The topological polar surface area (TPSA) is 81.0 Å². The number of hydrogen-bond donors (Lipinski definition) is 3. The molecule has 0 radical (unpaired) electrons. The fourth-order valence-corrected chi connectivity index (χ4v) is 2.18. The third kappa shape index (κ3) is 3.62. The SMILES string of the molecule is CN(CCc1ccc(Cl)cc1)C(=O)c1c(O)cc(O)cc1O. The standard InChI is InChI=1S/C16H16ClNO4/c1-18(7-6-10-2-4-11(17)5-3-10)16(22)15-13(20)8-12(19)9-14(15)21/h2-5,8-9,19-21H,6-7H2,1H3. The number of hydrogen-bond acceptors (Lipinski definition) is 4. The number of rotatable bonds is 4. The van der Waals surface area contributed by atoms with Crippen molar-refractivity contribution in [1.29, 1.82) is 0 Å². The van der Waals surface area contributed by atoms with Gasteiger partial charge >= 0.3 is 0 Å². The first kappa shape index (κ1) is 16.0. The first-order valence-electron chi connectivity index (χ1n) is 6.63. The molecule has 1 amide bonds. The molecule has 0 fully saturated rings. The zero-order valence-corrected chi connectivity index (χ0v) is 12.7. The van der Waals surface area contributed by atoms with Crippen molar-refractivity contribution in [2.45, 2.75) is 6.42 Å². The number of likely N-dealkylation sites (N-methyl/N-ethyl adjacent to an activating group) is 1. The molecule has 0 atom stereocenters. The van der Waals surface area contributed by atoms with Crippen molar-refractivity contribution in [1.82, 2.24) is 4.90 Å². The molecule has 0 saturated heterocycles. The molecule has 0 aromatic heterocycles. The highest BCUT2D eigenvalue weighted by atomic mass is 35.5. The highest BCUT2D eigenvalue weighted by molar-refractivity contribution is 6.30. The van der Waals surface area contributed by atoms with Crippen molar-refractivity contribution in [2.75, 3.05) is 13.6 Å². The maximum atomic E-state index is 12.3. The minimum atomic E-state index is -0.524. The second-order valence-electron chi connectivity index (χ2n) is 4.96. The fourth-order valence-electron chi connectivity index (χ4n) is 2.06. The Labute approximate surface area is 133 Å². The van der Waals surface area contributed by atoms with E-state index in [2.05, 4.69) is 0 Å². The van der Waals surface area contributed by atoms with Crippen LogP contribution in [0.25, 0.3) is 0 Å². The van der Waals surface area contributed by atoms with Crippen molar-refractivity contribution in [3.63, 3.8) is 0 Å². The Morgan fingerprint density at radius 1 is 1.09 bits per heavy atom. The lowest BCUT2D eigenvalue weighted by Crippen LogP contribution is -2.29. The van der Waals surface area contributed by atoms with Gasteiger partial charge in [0.05, 0.1) is 0 Å². The highest BCUT2D eigenvalue weighted by Crippen LogP contribution is 2.32. The van der Waals surface area contributed by atoms with Gasteiger partial charge in [0.1, 0.15) is 22.8 Å². The number of aromatic hydroxyl groups is 3. The summed E-state index contributed by atoms with van der Waals surface area (Å²) in [6.45, 7) is 0.403. The number of carbonyl (C=O) groups is 1. The molecule has 0 saturated carbocycles. The molecule has 0 unspecified atom stereocenters. The summed E-state index contributed by atoms with van der Waals surface area (Å²) in [7, 11) is 1.57. The molecule has 3 N–H and O–H groups in total. The van der Waals surface area contributed by atoms with E-state index in [4.69, 9.17) is 11.6 Å². The third-order valence-corrected chi connectivity index (χ3v) is 3.54. The molecule has 6 heteroatoms. The zero-order chi connectivity index (χ0) is 16.3. The maximum Gasteiger partial charge on any atom is 0.261 e. The lowest BCUT2D eigenvalue weighted by Gasteiger charge is -2.18. The summed E-state index contributed by atoms with van der Waals surface area (Å²) in [5.74, 6) is -1.75. The molecule has 2 aromatic carbocycles. The number of amides is 1. The van der Waals surface area contributed by atoms with Gasteiger partial charge in [0.2, 0.25) is 0 Å². The molecule has 116 valence electrons. The quantitative estimate of drug-likeness (QED) is 0.809. The van der Waals surface area contributed by atoms with Crippen molar-refractivity contribution in [2.24, 2.45) is 0 Å². The fraction of sp³-hybridized carbons (Fsp3) is 0.188. The van der Waals surface area contributed by atoms with Crippen LogP contribution in [0.3, 0.4) is 0 Å². The number of benzene rings is 2. The van der Waals surface area contributed by atoms with Gasteiger partial charge < -0.3 is 20.2 Å². The van der Waals surface area contributed by atoms with E-state index in [-0.39, 0.29) is 11.3 Å². The molecule has 0 spiro atoms. The van der Waals surface area contributed by atoms with E-state index in [1.165, 1.54) is 4.90 Å². The molecule has 5 nitrogen and oxygen atoms in total. The summed E-state index contributed by atoms with van der Waals surface area (Å²) in [6.07, 6.45) is 0.610. The Balaban J connectivity index is 2.08. The summed E-state index contributed by atoms with van der Waals surface area (Å²) in [4.78, 5) is 13.7. The normalized spacial score (nSPS) is 10.5. The predicted molar refractivity (Wildman–Crippen MR) is 83.6 cm³/mol. The van der Waals surface area contributed by atoms with Crippen LogP contribution in [-0.4, -0.2) is 39.7 Å². The molecule has 2 aromatic rings. The summed E-state index contributed by atoms with van der Waals surface area (Å²) in [5, 5.41) is 29.4. The average Bonchev–Trinajstić information content (AvgIpc) is 2.45. The number of phenolic OH excluding ortho intramolecular Hbond substituents is 3. The van der Waals surface area contributed by atoms with Crippen LogP contribution in [0.4, 0.5) is 0 Å². The van der Waals surface area contributed by atoms with Gasteiger partial charge in [-0.3, -0.25) is 4.79 Å². The van der Waals surface area contributed by atoms with Crippen LogP contribution in [-0.2, 0) is 6.42 Å². The van der Waals surface area contributed by atoms with E-state index < -0.39 is 17.4 Å². The number of halogens is 1. The van der Waals surface area contributed by atoms with Crippen molar-refractivity contribution in [3.05, 3.63) is 52.5 Å². The average molecular weight is 322 g/mol. The highest BCUT2D eigenvalue weighted by Gasteiger charge is 2.21. The molecule has 0 heterocycles. The van der Waals surface area contributed by atoms with Gasteiger partial charge in [0.25, 0.3) is 5.91 Å². The molecule has 0 aliphatic carbocycles. The molecule has 22 heavy (non-hydrogen) atoms. The van der Waals surface area contributed by atoms with Gasteiger partial charge in [-0.15, -0.1) is 0 Å². The Morgan fingerprint density at radius 2 is 1.64 bits per heavy atom. The van der Waals surface area contributed by atoms with Crippen LogP contribution in [0.15, 0.2) is 36.4 Å². The second kappa shape index (κ2) is 6.58. The van der Waals surface area contributed by atoms with Crippen LogP contribution in [0.2, 0.25) is 5.02 Å². The van der Waals surface area contributed by atoms with Crippen LogP contribution < -0.4 is 0 Å². The monoisotopic (exact) mass is 321 g/mol. The van der Waals surface area contributed by atoms with Crippen molar-refractivity contribution >= 4 is 17.5 Å². The van der Waals surface area contributed by atoms with Crippen LogP contribution in [0.5, 0.6) is 17.2 Å². The Hall–Kier alpha value is -2.40. The minimum Gasteiger partial charge on any atom is -0.508 e. The minimum absolute atomic E-state index is 0.226. The summed E-state index contributed by atoms with van der Waals surface area (Å²) < 4.78 is 0. The first-order chi connectivity index (χ1) is 10.4. The van der Waals surface area contributed by atoms with Gasteiger partial charge in [-0.2, -0.15) is 0 Å². The van der Waals surface area contributed by atoms with Gasteiger partial charge in [-0.1, -0.05) is 23.7 Å². The zero-order valence-electron chi connectivity index (χ0n) is 12.0. The van der Waals surface area contributed by atoms with Crippen molar-refractivity contribution in [3.8, 4) is 17.2 Å². The molecular weight excluding hydrogens is 306 g/mol. The summed E-state index contributed by atoms with van der Waals surface area (Å²) in [6, 6.07) is 9.32. The van der Waals surface area contributed by atoms with Gasteiger partial charge in [-0.05, 0) is 24.1 Å². The van der Waals surface area contributed by atoms with E-state index in [1.807, 2.05) is 12.1 Å².